The number of hydrogen-bond donors (Lipinski definition) is 2. The molecule has 0 amide bonds. The van der Waals surface area contributed by atoms with Crippen molar-refractivity contribution >= 4 is 29.9 Å². The lowest BCUT2D eigenvalue weighted by Crippen LogP contribution is -2.38. The largest absolute Gasteiger partial charge is 0.357 e. The second-order valence-electron chi connectivity index (χ2n) is 2.88. The van der Waals surface area contributed by atoms with Gasteiger partial charge in [0.1, 0.15) is 0 Å². The van der Waals surface area contributed by atoms with Gasteiger partial charge in [-0.25, -0.2) is 0 Å². The van der Waals surface area contributed by atoms with Crippen molar-refractivity contribution in [3.63, 3.8) is 0 Å². The fraction of sp³-hybridized carbons (Fsp3) is 0.875. The molecule has 0 rings (SSSR count). The molecule has 0 aromatic heterocycles. The fourth-order valence-electron chi connectivity index (χ4n) is 0.689. The van der Waals surface area contributed by atoms with Gasteiger partial charge < -0.3 is 10.6 Å². The third-order valence-corrected chi connectivity index (χ3v) is 1.25. The molecule has 0 aliphatic carbocycles. The third kappa shape index (κ3) is 8.10. The van der Waals surface area contributed by atoms with Crippen LogP contribution in [0.5, 0.6) is 0 Å². The highest BCUT2D eigenvalue weighted by Gasteiger charge is 1.95. The molecule has 0 aromatic rings. The summed E-state index contributed by atoms with van der Waals surface area (Å²) in [4.78, 5) is 4.04. The van der Waals surface area contributed by atoms with Crippen molar-refractivity contribution < 1.29 is 0 Å². The lowest BCUT2D eigenvalue weighted by Gasteiger charge is -2.11. The van der Waals surface area contributed by atoms with Gasteiger partial charge in [0.05, 0.1) is 0 Å². The van der Waals surface area contributed by atoms with E-state index in [9.17, 15) is 0 Å². The van der Waals surface area contributed by atoms with Crippen LogP contribution in [-0.4, -0.2) is 26.1 Å². The Morgan fingerprint density at radius 1 is 1.33 bits per heavy atom. The maximum absolute atomic E-state index is 4.04. The average Bonchev–Trinajstić information content (AvgIpc) is 1.97. The van der Waals surface area contributed by atoms with E-state index in [0.29, 0.717) is 5.92 Å². The van der Waals surface area contributed by atoms with E-state index in [-0.39, 0.29) is 24.0 Å². The zero-order valence-electron chi connectivity index (χ0n) is 8.35. The van der Waals surface area contributed by atoms with Gasteiger partial charge >= 0.3 is 0 Å². The number of nitrogens with one attached hydrogen (secondary N) is 2. The van der Waals surface area contributed by atoms with E-state index < -0.39 is 0 Å². The van der Waals surface area contributed by atoms with Gasteiger partial charge in [-0.05, 0) is 12.8 Å². The van der Waals surface area contributed by atoms with E-state index in [2.05, 4.69) is 36.4 Å². The van der Waals surface area contributed by atoms with Crippen LogP contribution in [0.3, 0.4) is 0 Å². The molecule has 0 fully saturated rings. The van der Waals surface area contributed by atoms with Gasteiger partial charge in [-0.15, -0.1) is 24.0 Å². The maximum Gasteiger partial charge on any atom is 0.190 e. The van der Waals surface area contributed by atoms with Crippen molar-refractivity contribution in [3.8, 4) is 0 Å². The number of aliphatic imine (C=N–C) groups is 1. The van der Waals surface area contributed by atoms with Crippen LogP contribution in [0.4, 0.5) is 0 Å². The number of hydrogen-bond acceptors (Lipinski definition) is 1. The van der Waals surface area contributed by atoms with Gasteiger partial charge in [-0.2, -0.15) is 0 Å². The lowest BCUT2D eigenvalue weighted by molar-refractivity contribution is 0.616. The number of rotatable bonds is 3. The molecule has 0 atom stereocenters. The predicted octanol–water partition coefficient (Wildman–Crippen LogP) is 1.45. The van der Waals surface area contributed by atoms with Crippen LogP contribution in [0.2, 0.25) is 0 Å². The molecule has 0 unspecified atom stereocenters. The van der Waals surface area contributed by atoms with Crippen molar-refractivity contribution in [2.24, 2.45) is 10.9 Å². The summed E-state index contributed by atoms with van der Waals surface area (Å²) in [7, 11) is 1.78. The van der Waals surface area contributed by atoms with Gasteiger partial charge in [0.2, 0.25) is 0 Å². The third-order valence-electron chi connectivity index (χ3n) is 1.25. The van der Waals surface area contributed by atoms with Crippen LogP contribution < -0.4 is 10.6 Å². The first kappa shape index (κ1) is 14.5. The highest BCUT2D eigenvalue weighted by atomic mass is 127. The second-order valence-corrected chi connectivity index (χ2v) is 2.88. The first-order chi connectivity index (χ1) is 5.20. The molecule has 0 heterocycles. The SMILES string of the molecule is CCNC(=NC)NCC(C)C.I. The summed E-state index contributed by atoms with van der Waals surface area (Å²) in [6.45, 7) is 8.29. The molecular weight excluding hydrogens is 265 g/mol. The van der Waals surface area contributed by atoms with Crippen molar-refractivity contribution in [3.05, 3.63) is 0 Å². The fourth-order valence-corrected chi connectivity index (χ4v) is 0.689. The summed E-state index contributed by atoms with van der Waals surface area (Å²) in [6, 6.07) is 0. The summed E-state index contributed by atoms with van der Waals surface area (Å²) >= 11 is 0. The molecule has 0 aliphatic rings. The molecule has 4 heteroatoms. The molecule has 0 radical (unpaired) electrons. The molecule has 74 valence electrons. The van der Waals surface area contributed by atoms with Crippen LogP contribution in [-0.2, 0) is 0 Å². The Hall–Kier alpha value is 0. The summed E-state index contributed by atoms with van der Waals surface area (Å²) in [5.41, 5.74) is 0. The summed E-state index contributed by atoms with van der Waals surface area (Å²) in [5, 5.41) is 6.34. The summed E-state index contributed by atoms with van der Waals surface area (Å²) in [6.07, 6.45) is 0. The number of nitrogens with zero attached hydrogens (tertiary/aromatic N) is 1. The Morgan fingerprint density at radius 2 is 1.92 bits per heavy atom. The quantitative estimate of drug-likeness (QED) is 0.468. The molecule has 0 spiro atoms. The van der Waals surface area contributed by atoms with Gasteiger partial charge in [0, 0.05) is 20.1 Å². The minimum absolute atomic E-state index is 0. The normalized spacial score (nSPS) is 10.9. The highest BCUT2D eigenvalue weighted by Crippen LogP contribution is 1.86. The average molecular weight is 285 g/mol. The van der Waals surface area contributed by atoms with E-state index in [1.807, 2.05) is 0 Å². The minimum Gasteiger partial charge on any atom is -0.357 e. The molecular formula is C8H20IN3. The van der Waals surface area contributed by atoms with Gasteiger partial charge in [-0.1, -0.05) is 13.8 Å². The first-order valence-corrected chi connectivity index (χ1v) is 4.15. The zero-order valence-corrected chi connectivity index (χ0v) is 10.7. The molecule has 0 bridgehead atoms. The topological polar surface area (TPSA) is 36.4 Å². The van der Waals surface area contributed by atoms with Crippen LogP contribution in [0, 0.1) is 5.92 Å². The van der Waals surface area contributed by atoms with Crippen LogP contribution in [0.15, 0.2) is 4.99 Å². The van der Waals surface area contributed by atoms with Crippen LogP contribution in [0.1, 0.15) is 20.8 Å². The molecule has 3 nitrogen and oxygen atoms in total. The lowest BCUT2D eigenvalue weighted by atomic mass is 10.2. The van der Waals surface area contributed by atoms with E-state index in [1.165, 1.54) is 0 Å². The van der Waals surface area contributed by atoms with Crippen molar-refractivity contribution in [1.82, 2.24) is 10.6 Å². The van der Waals surface area contributed by atoms with Crippen LogP contribution >= 0.6 is 24.0 Å². The monoisotopic (exact) mass is 285 g/mol. The molecule has 0 aliphatic heterocycles. The standard InChI is InChI=1S/C8H19N3.HI/c1-5-10-8(9-4)11-6-7(2)3;/h7H,5-6H2,1-4H3,(H2,9,10,11);1H. The molecule has 12 heavy (non-hydrogen) atoms. The van der Waals surface area contributed by atoms with Gasteiger partial charge in [-0.3, -0.25) is 4.99 Å². The van der Waals surface area contributed by atoms with Gasteiger partial charge in [0.25, 0.3) is 0 Å². The number of guanidine groups is 1. The van der Waals surface area contributed by atoms with Crippen molar-refractivity contribution in [2.45, 2.75) is 20.8 Å². The van der Waals surface area contributed by atoms with Crippen LogP contribution in [0.25, 0.3) is 0 Å². The van der Waals surface area contributed by atoms with E-state index in [4.69, 9.17) is 0 Å². The van der Waals surface area contributed by atoms with Crippen molar-refractivity contribution in [2.75, 3.05) is 20.1 Å². The smallest absolute Gasteiger partial charge is 0.190 e. The summed E-state index contributed by atoms with van der Waals surface area (Å²) < 4.78 is 0. The Labute approximate surface area is 92.4 Å². The zero-order chi connectivity index (χ0) is 8.69. The Balaban J connectivity index is 0. The highest BCUT2D eigenvalue weighted by molar-refractivity contribution is 14.0. The molecule has 0 saturated heterocycles. The van der Waals surface area contributed by atoms with Crippen molar-refractivity contribution in [1.29, 1.82) is 0 Å². The first-order valence-electron chi connectivity index (χ1n) is 4.15. The molecule has 0 aromatic carbocycles. The maximum atomic E-state index is 4.04. The Kier molecular flexibility index (Phi) is 11.0. The summed E-state index contributed by atoms with van der Waals surface area (Å²) in [5.74, 6) is 1.55. The second kappa shape index (κ2) is 9.09. The minimum atomic E-state index is 0. The Bertz CT molecular complexity index is 123. The number of halogens is 1. The molecule has 0 saturated carbocycles. The van der Waals surface area contributed by atoms with E-state index >= 15 is 0 Å². The van der Waals surface area contributed by atoms with E-state index in [1.54, 1.807) is 7.05 Å². The molecule has 2 N–H and O–H groups in total. The van der Waals surface area contributed by atoms with Gasteiger partial charge in [0.15, 0.2) is 5.96 Å². The predicted molar refractivity (Wildman–Crippen MR) is 65.3 cm³/mol. The Morgan fingerprint density at radius 3 is 2.25 bits per heavy atom. The van der Waals surface area contributed by atoms with E-state index in [0.717, 1.165) is 19.0 Å².